The van der Waals surface area contributed by atoms with Gasteiger partial charge in [-0.05, 0) is 50.6 Å². The van der Waals surface area contributed by atoms with Gasteiger partial charge in [0.15, 0.2) is 0 Å². The van der Waals surface area contributed by atoms with Crippen LogP contribution in [0.5, 0.6) is 0 Å². The second-order valence-electron chi connectivity index (χ2n) is 7.38. The van der Waals surface area contributed by atoms with Crippen LogP contribution in [0.25, 0.3) is 22.2 Å². The van der Waals surface area contributed by atoms with E-state index < -0.39 is 0 Å². The van der Waals surface area contributed by atoms with Crippen LogP contribution in [0, 0.1) is 11.7 Å². The summed E-state index contributed by atoms with van der Waals surface area (Å²) in [5.41, 5.74) is 2.70. The van der Waals surface area contributed by atoms with Crippen LogP contribution in [-0.2, 0) is 0 Å². The predicted molar refractivity (Wildman–Crippen MR) is 124 cm³/mol. The van der Waals surface area contributed by atoms with Crippen molar-refractivity contribution in [2.75, 3.05) is 26.7 Å². The van der Waals surface area contributed by atoms with E-state index in [1.54, 1.807) is 6.07 Å². The molecule has 2 aromatic carbocycles. The SMILES string of the molecule is CNCC1CCN(C(=O)c2cc(-c3ccccc3)nc3cc(F)ccc23)CC1.Cl.Cl. The minimum absolute atomic E-state index is 0. The van der Waals surface area contributed by atoms with Crippen molar-refractivity contribution in [3.8, 4) is 11.3 Å². The molecule has 0 unspecified atom stereocenters. The van der Waals surface area contributed by atoms with Gasteiger partial charge in [-0.3, -0.25) is 4.79 Å². The number of carbonyl (C=O) groups is 1. The minimum Gasteiger partial charge on any atom is -0.339 e. The van der Waals surface area contributed by atoms with Gasteiger partial charge in [-0.2, -0.15) is 0 Å². The highest BCUT2D eigenvalue weighted by Gasteiger charge is 2.25. The Morgan fingerprint density at radius 2 is 1.80 bits per heavy atom. The first kappa shape index (κ1) is 24.1. The zero-order chi connectivity index (χ0) is 19.5. The van der Waals surface area contributed by atoms with E-state index in [1.807, 2.05) is 48.3 Å². The number of rotatable bonds is 4. The summed E-state index contributed by atoms with van der Waals surface area (Å²) >= 11 is 0. The number of likely N-dealkylation sites (tertiary alicyclic amines) is 1. The number of aromatic nitrogens is 1. The van der Waals surface area contributed by atoms with E-state index in [9.17, 15) is 9.18 Å². The molecule has 0 aliphatic carbocycles. The van der Waals surface area contributed by atoms with Crippen molar-refractivity contribution in [1.82, 2.24) is 15.2 Å². The molecule has 7 heteroatoms. The summed E-state index contributed by atoms with van der Waals surface area (Å²) in [4.78, 5) is 19.9. The highest BCUT2D eigenvalue weighted by molar-refractivity contribution is 6.07. The van der Waals surface area contributed by atoms with E-state index in [0.29, 0.717) is 28.1 Å². The van der Waals surface area contributed by atoms with Gasteiger partial charge >= 0.3 is 0 Å². The molecule has 0 radical (unpaired) electrons. The quantitative estimate of drug-likeness (QED) is 0.612. The lowest BCUT2D eigenvalue weighted by Gasteiger charge is -2.32. The lowest BCUT2D eigenvalue weighted by Crippen LogP contribution is -2.40. The Balaban J connectivity index is 0.00000160. The van der Waals surface area contributed by atoms with Gasteiger partial charge in [0.1, 0.15) is 5.82 Å². The average Bonchev–Trinajstić information content (AvgIpc) is 2.73. The molecule has 0 atom stereocenters. The number of hydrogen-bond donors (Lipinski definition) is 1. The Bertz CT molecular complexity index is 992. The van der Waals surface area contributed by atoms with Gasteiger partial charge in [0, 0.05) is 30.1 Å². The van der Waals surface area contributed by atoms with Crippen molar-refractivity contribution in [1.29, 1.82) is 0 Å². The third-order valence-electron chi connectivity index (χ3n) is 5.47. The van der Waals surface area contributed by atoms with Crippen molar-refractivity contribution in [3.63, 3.8) is 0 Å². The molecule has 30 heavy (non-hydrogen) atoms. The number of hydrogen-bond acceptors (Lipinski definition) is 3. The number of nitrogens with zero attached hydrogens (tertiary/aromatic N) is 2. The summed E-state index contributed by atoms with van der Waals surface area (Å²) in [5, 5.41) is 3.92. The van der Waals surface area contributed by atoms with Gasteiger partial charge in [0.2, 0.25) is 0 Å². The first-order valence-corrected chi connectivity index (χ1v) is 9.75. The second-order valence-corrected chi connectivity index (χ2v) is 7.38. The van der Waals surface area contributed by atoms with Gasteiger partial charge in [0.05, 0.1) is 16.8 Å². The van der Waals surface area contributed by atoms with Crippen molar-refractivity contribution < 1.29 is 9.18 Å². The molecule has 1 fully saturated rings. The Hall–Kier alpha value is -2.21. The maximum absolute atomic E-state index is 13.8. The zero-order valence-corrected chi connectivity index (χ0v) is 18.4. The molecule has 1 amide bonds. The summed E-state index contributed by atoms with van der Waals surface area (Å²) < 4.78 is 13.8. The van der Waals surface area contributed by atoms with Crippen LogP contribution >= 0.6 is 24.8 Å². The summed E-state index contributed by atoms with van der Waals surface area (Å²) in [6.45, 7) is 2.48. The number of pyridine rings is 1. The Morgan fingerprint density at radius 1 is 1.10 bits per heavy atom. The van der Waals surface area contributed by atoms with E-state index in [4.69, 9.17) is 0 Å². The average molecular weight is 450 g/mol. The fourth-order valence-electron chi connectivity index (χ4n) is 3.93. The molecule has 0 spiro atoms. The fraction of sp³-hybridized carbons (Fsp3) is 0.304. The van der Waals surface area contributed by atoms with E-state index in [1.165, 1.54) is 12.1 Å². The normalized spacial score (nSPS) is 14.1. The largest absolute Gasteiger partial charge is 0.339 e. The van der Waals surface area contributed by atoms with Crippen LogP contribution in [0.2, 0.25) is 0 Å². The molecule has 1 aliphatic heterocycles. The van der Waals surface area contributed by atoms with Crippen LogP contribution in [0.1, 0.15) is 23.2 Å². The topological polar surface area (TPSA) is 45.2 Å². The summed E-state index contributed by atoms with van der Waals surface area (Å²) in [6.07, 6.45) is 1.99. The second kappa shape index (κ2) is 10.7. The van der Waals surface area contributed by atoms with Crippen molar-refractivity contribution in [2.45, 2.75) is 12.8 Å². The third-order valence-corrected chi connectivity index (χ3v) is 5.47. The fourth-order valence-corrected chi connectivity index (χ4v) is 3.93. The number of fused-ring (bicyclic) bond motifs is 1. The Morgan fingerprint density at radius 3 is 2.47 bits per heavy atom. The summed E-state index contributed by atoms with van der Waals surface area (Å²) in [6, 6.07) is 16.0. The maximum Gasteiger partial charge on any atom is 0.254 e. The molecule has 1 saturated heterocycles. The van der Waals surface area contributed by atoms with Crippen LogP contribution < -0.4 is 5.32 Å². The van der Waals surface area contributed by atoms with Gasteiger partial charge in [0.25, 0.3) is 5.91 Å². The molecule has 1 N–H and O–H groups in total. The first-order chi connectivity index (χ1) is 13.7. The molecule has 160 valence electrons. The zero-order valence-electron chi connectivity index (χ0n) is 16.8. The van der Waals surface area contributed by atoms with E-state index in [0.717, 1.165) is 38.0 Å². The Labute approximate surface area is 188 Å². The summed E-state index contributed by atoms with van der Waals surface area (Å²) in [7, 11) is 1.96. The minimum atomic E-state index is -0.350. The standard InChI is InChI=1S/C23H24FN3O.2ClH/c1-25-15-16-9-11-27(12-10-16)23(28)20-14-21(17-5-3-2-4-6-17)26-22-13-18(24)7-8-19(20)22;;/h2-8,13-14,16,25H,9-12,15H2,1H3;2*1H. The highest BCUT2D eigenvalue weighted by atomic mass is 35.5. The number of nitrogens with one attached hydrogen (secondary N) is 1. The highest BCUT2D eigenvalue weighted by Crippen LogP contribution is 2.28. The molecule has 0 saturated carbocycles. The molecule has 0 bridgehead atoms. The van der Waals surface area contributed by atoms with Crippen molar-refractivity contribution in [3.05, 3.63) is 66.0 Å². The van der Waals surface area contributed by atoms with E-state index in [-0.39, 0.29) is 36.5 Å². The number of amides is 1. The van der Waals surface area contributed by atoms with Crippen molar-refractivity contribution in [2.24, 2.45) is 5.92 Å². The van der Waals surface area contributed by atoms with E-state index >= 15 is 0 Å². The molecule has 4 rings (SSSR count). The summed E-state index contributed by atoms with van der Waals surface area (Å²) in [5.74, 6) is 0.257. The number of halogens is 3. The monoisotopic (exact) mass is 449 g/mol. The number of benzene rings is 2. The lowest BCUT2D eigenvalue weighted by atomic mass is 9.95. The van der Waals surface area contributed by atoms with Gasteiger partial charge < -0.3 is 10.2 Å². The number of carbonyl (C=O) groups excluding carboxylic acids is 1. The van der Waals surface area contributed by atoms with Crippen molar-refractivity contribution >= 4 is 41.6 Å². The molecular formula is C23H26Cl2FN3O. The number of piperidine rings is 1. The maximum atomic E-state index is 13.8. The predicted octanol–water partition coefficient (Wildman–Crippen LogP) is 4.96. The molecule has 3 aromatic rings. The van der Waals surface area contributed by atoms with Crippen LogP contribution in [-0.4, -0.2) is 42.5 Å². The van der Waals surface area contributed by atoms with Gasteiger partial charge in [-0.15, -0.1) is 24.8 Å². The van der Waals surface area contributed by atoms with E-state index in [2.05, 4.69) is 10.3 Å². The lowest BCUT2D eigenvalue weighted by molar-refractivity contribution is 0.0693. The van der Waals surface area contributed by atoms with Crippen LogP contribution in [0.4, 0.5) is 4.39 Å². The smallest absolute Gasteiger partial charge is 0.254 e. The molecule has 2 heterocycles. The third kappa shape index (κ3) is 5.09. The molecule has 4 nitrogen and oxygen atoms in total. The van der Waals surface area contributed by atoms with Gasteiger partial charge in [-0.1, -0.05) is 30.3 Å². The first-order valence-electron chi connectivity index (χ1n) is 9.75. The molecular weight excluding hydrogens is 424 g/mol. The van der Waals surface area contributed by atoms with Crippen LogP contribution in [0.3, 0.4) is 0 Å². The Kier molecular flexibility index (Phi) is 8.59. The van der Waals surface area contributed by atoms with Crippen LogP contribution in [0.15, 0.2) is 54.6 Å². The van der Waals surface area contributed by atoms with Gasteiger partial charge in [-0.25, -0.2) is 9.37 Å². The molecule has 1 aliphatic rings. The molecule has 1 aromatic heterocycles.